The highest BCUT2D eigenvalue weighted by Crippen LogP contribution is 2.28. The summed E-state index contributed by atoms with van der Waals surface area (Å²) in [5.74, 6) is 0.325. The van der Waals surface area contributed by atoms with E-state index in [1.54, 1.807) is 6.20 Å². The third-order valence-corrected chi connectivity index (χ3v) is 4.56. The van der Waals surface area contributed by atoms with E-state index in [4.69, 9.17) is 17.5 Å². The van der Waals surface area contributed by atoms with Crippen LogP contribution >= 0.6 is 0 Å². The van der Waals surface area contributed by atoms with Gasteiger partial charge in [0.2, 0.25) is 0 Å². The monoisotopic (exact) mass is 381 g/mol. The van der Waals surface area contributed by atoms with E-state index in [-0.39, 0.29) is 0 Å². The Labute approximate surface area is 154 Å². The van der Waals surface area contributed by atoms with Crippen LogP contribution < -0.4 is 10.6 Å². The number of hydrogen-bond donors (Lipinski definition) is 3. The number of benzene rings is 3. The van der Waals surface area contributed by atoms with Crippen LogP contribution in [0.3, 0.4) is 0 Å². The molecule has 1 aliphatic carbocycles. The summed E-state index contributed by atoms with van der Waals surface area (Å²) in [6.07, 6.45) is 8.49. The number of aliphatic hydroxyl groups excluding tert-OH is 1. The van der Waals surface area contributed by atoms with E-state index in [2.05, 4.69) is 53.6 Å². The molecule has 1 aliphatic heterocycles. The first-order chi connectivity index (χ1) is 12.8. The predicted octanol–water partition coefficient (Wildman–Crippen LogP) is 2.72. The van der Waals surface area contributed by atoms with Crippen molar-refractivity contribution in [2.24, 2.45) is 4.99 Å². The van der Waals surface area contributed by atoms with E-state index in [1.807, 2.05) is 6.07 Å². The molecule has 5 rings (SSSR count). The van der Waals surface area contributed by atoms with Crippen molar-refractivity contribution in [3.05, 3.63) is 76.1 Å². The molecule has 0 atom stereocenters. The van der Waals surface area contributed by atoms with Crippen LogP contribution in [0.15, 0.2) is 59.4 Å². The van der Waals surface area contributed by atoms with Crippen LogP contribution in [-0.2, 0) is 16.8 Å². The maximum Gasteiger partial charge on any atom is 0.394 e. The molecule has 3 N–H and O–H groups in total. The van der Waals surface area contributed by atoms with Gasteiger partial charge in [-0.05, 0) is 44.6 Å². The van der Waals surface area contributed by atoms with Crippen LogP contribution in [0.4, 0.5) is 0 Å². The summed E-state index contributed by atoms with van der Waals surface area (Å²) in [6.45, 7) is 0. The summed E-state index contributed by atoms with van der Waals surface area (Å²) in [6, 6.07) is 12.9. The fraction of sp³-hybridized carbons (Fsp3) is 0.0500. The molecule has 0 fully saturated rings. The summed E-state index contributed by atoms with van der Waals surface area (Å²) >= 11 is 0. The van der Waals surface area contributed by atoms with Crippen LogP contribution in [0.2, 0.25) is 0 Å². The Balaban J connectivity index is 0.000000323. The zero-order valence-corrected chi connectivity index (χ0v) is 14.8. The summed E-state index contributed by atoms with van der Waals surface area (Å²) in [5.41, 5.74) is 2.38. The Morgan fingerprint density at radius 1 is 0.963 bits per heavy atom. The molecule has 0 spiro atoms. The lowest BCUT2D eigenvalue weighted by Crippen LogP contribution is -2.18. The largest absolute Gasteiger partial charge is 0.510 e. The van der Waals surface area contributed by atoms with Crippen molar-refractivity contribution in [1.29, 1.82) is 0 Å². The molecule has 3 aromatic carbocycles. The van der Waals surface area contributed by atoms with Crippen molar-refractivity contribution >= 4 is 44.1 Å². The Morgan fingerprint density at radius 3 is 2.41 bits per heavy atom. The molecule has 136 valence electrons. The summed E-state index contributed by atoms with van der Waals surface area (Å²) in [4.78, 5) is 4.53. The van der Waals surface area contributed by atoms with Crippen LogP contribution in [0, 0.1) is 0 Å². The smallest absolute Gasteiger partial charge is 0.394 e. The predicted molar refractivity (Wildman–Crippen MR) is 104 cm³/mol. The van der Waals surface area contributed by atoms with Crippen molar-refractivity contribution in [3.63, 3.8) is 0 Å². The molecular weight excluding hydrogens is 366 g/mol. The SMILES string of the molecule is O=S(=O)(O)O.OC1=CN=c2c(c3ccccc3c3cc4c(cc23)=CC=C4)C1. The van der Waals surface area contributed by atoms with E-state index in [1.165, 1.54) is 26.9 Å². The molecule has 1 heterocycles. The maximum absolute atomic E-state index is 9.89. The van der Waals surface area contributed by atoms with Gasteiger partial charge < -0.3 is 5.11 Å². The Morgan fingerprint density at radius 2 is 1.67 bits per heavy atom. The highest BCUT2D eigenvalue weighted by molar-refractivity contribution is 7.79. The molecule has 27 heavy (non-hydrogen) atoms. The first kappa shape index (κ1) is 17.4. The van der Waals surface area contributed by atoms with E-state index in [0.717, 1.165) is 16.3 Å². The molecule has 0 radical (unpaired) electrons. The van der Waals surface area contributed by atoms with Gasteiger partial charge in [0.25, 0.3) is 0 Å². The first-order valence-electron chi connectivity index (χ1n) is 8.13. The van der Waals surface area contributed by atoms with Gasteiger partial charge in [-0.3, -0.25) is 14.1 Å². The average Bonchev–Trinajstić information content (AvgIpc) is 3.06. The molecule has 0 unspecified atom stereocenters. The molecule has 2 aliphatic rings. The van der Waals surface area contributed by atoms with E-state index < -0.39 is 10.4 Å². The molecular formula is C20H15NO5S. The Hall–Kier alpha value is -3.00. The minimum atomic E-state index is -4.67. The molecule has 0 saturated heterocycles. The number of aliphatic hydroxyl groups is 1. The van der Waals surface area contributed by atoms with Crippen molar-refractivity contribution in [3.8, 4) is 0 Å². The van der Waals surface area contributed by atoms with Crippen LogP contribution in [0.25, 0.3) is 33.7 Å². The quantitative estimate of drug-likeness (QED) is 0.410. The zero-order valence-electron chi connectivity index (χ0n) is 14.0. The molecule has 0 amide bonds. The maximum atomic E-state index is 9.89. The summed E-state index contributed by atoms with van der Waals surface area (Å²) < 4.78 is 31.6. The second-order valence-corrected chi connectivity index (χ2v) is 7.20. The Kier molecular flexibility index (Phi) is 4.07. The van der Waals surface area contributed by atoms with Crippen molar-refractivity contribution < 1.29 is 22.6 Å². The highest BCUT2D eigenvalue weighted by Gasteiger charge is 2.15. The number of nitrogens with zero attached hydrogens (tertiary/aromatic N) is 1. The van der Waals surface area contributed by atoms with Gasteiger partial charge >= 0.3 is 10.4 Å². The van der Waals surface area contributed by atoms with E-state index in [0.29, 0.717) is 12.2 Å². The molecule has 0 bridgehead atoms. The Bertz CT molecular complexity index is 1380. The van der Waals surface area contributed by atoms with Gasteiger partial charge in [0, 0.05) is 11.8 Å². The topological polar surface area (TPSA) is 107 Å². The number of fused-ring (bicyclic) bond motifs is 7. The second-order valence-electron chi connectivity index (χ2n) is 6.30. The fourth-order valence-electron chi connectivity index (χ4n) is 3.56. The summed E-state index contributed by atoms with van der Waals surface area (Å²) in [5, 5.41) is 16.9. The van der Waals surface area contributed by atoms with Crippen molar-refractivity contribution in [2.75, 3.05) is 0 Å². The zero-order chi connectivity index (χ0) is 19.2. The lowest BCUT2D eigenvalue weighted by Gasteiger charge is -2.14. The number of allylic oxidation sites excluding steroid dienone is 2. The third-order valence-electron chi connectivity index (χ3n) is 4.56. The highest BCUT2D eigenvalue weighted by atomic mass is 32.3. The number of rotatable bonds is 0. The molecule has 0 saturated carbocycles. The second kappa shape index (κ2) is 6.31. The number of hydrogen-bond acceptors (Lipinski definition) is 4. The molecule has 7 heteroatoms. The minimum absolute atomic E-state index is 0.325. The lowest BCUT2D eigenvalue weighted by atomic mass is 9.92. The van der Waals surface area contributed by atoms with Gasteiger partial charge in [0.05, 0.1) is 11.6 Å². The minimum Gasteiger partial charge on any atom is -0.510 e. The van der Waals surface area contributed by atoms with Crippen LogP contribution in [-0.4, -0.2) is 22.6 Å². The fourth-order valence-corrected chi connectivity index (χ4v) is 3.56. The van der Waals surface area contributed by atoms with Crippen LogP contribution in [0.5, 0.6) is 0 Å². The van der Waals surface area contributed by atoms with Crippen LogP contribution in [0.1, 0.15) is 11.1 Å². The van der Waals surface area contributed by atoms with Gasteiger partial charge in [-0.1, -0.05) is 42.5 Å². The standard InChI is InChI=1S/C20H13NO.H2O4S/c22-14-10-19-16-7-2-1-6-15(16)17-8-12-4-3-5-13(12)9-18(17)20(19)21-11-14;1-5(2,3)4/h1-9,11,22H,10H2;(H2,1,2,3,4). The van der Waals surface area contributed by atoms with Gasteiger partial charge in [-0.15, -0.1) is 0 Å². The average molecular weight is 381 g/mol. The van der Waals surface area contributed by atoms with Crippen molar-refractivity contribution in [2.45, 2.75) is 6.42 Å². The molecule has 0 aromatic heterocycles. The van der Waals surface area contributed by atoms with Gasteiger partial charge in [0.15, 0.2) is 0 Å². The lowest BCUT2D eigenvalue weighted by molar-refractivity contribution is 0.380. The van der Waals surface area contributed by atoms with Gasteiger partial charge in [0.1, 0.15) is 5.76 Å². The van der Waals surface area contributed by atoms with E-state index >= 15 is 0 Å². The third kappa shape index (κ3) is 3.35. The summed E-state index contributed by atoms with van der Waals surface area (Å²) in [7, 11) is -4.67. The van der Waals surface area contributed by atoms with E-state index in [9.17, 15) is 5.11 Å². The first-order valence-corrected chi connectivity index (χ1v) is 9.52. The molecule has 3 aromatic rings. The molecule has 6 nitrogen and oxygen atoms in total. The van der Waals surface area contributed by atoms with Gasteiger partial charge in [-0.25, -0.2) is 0 Å². The van der Waals surface area contributed by atoms with Crippen molar-refractivity contribution in [1.82, 2.24) is 0 Å². The van der Waals surface area contributed by atoms with Gasteiger partial charge in [-0.2, -0.15) is 8.42 Å². The normalized spacial score (nSPS) is 14.5.